The molecule has 0 bridgehead atoms. The third kappa shape index (κ3) is 5.06. The van der Waals surface area contributed by atoms with E-state index in [1.54, 1.807) is 30.3 Å². The number of piperidine rings is 1. The van der Waals surface area contributed by atoms with Crippen LogP contribution in [0.1, 0.15) is 24.5 Å². The molecule has 170 valence electrons. The van der Waals surface area contributed by atoms with Gasteiger partial charge in [0.15, 0.2) is 0 Å². The predicted octanol–water partition coefficient (Wildman–Crippen LogP) is 2.42. The topological polar surface area (TPSA) is 150 Å². The zero-order valence-electron chi connectivity index (χ0n) is 16.7. The molecule has 0 saturated carbocycles. The highest BCUT2D eigenvalue weighted by Crippen LogP contribution is 2.32. The number of non-ortho nitro benzene ring substituents is 1. The first-order valence-electron chi connectivity index (χ1n) is 9.60. The third-order valence-electron chi connectivity index (χ3n) is 5.13. The maximum atomic E-state index is 13.0. The van der Waals surface area contributed by atoms with Crippen LogP contribution < -0.4 is 5.73 Å². The average molecular weight is 482 g/mol. The molecule has 1 atom stereocenters. The van der Waals surface area contributed by atoms with Crippen molar-refractivity contribution in [1.82, 2.24) is 4.31 Å². The number of nitro benzene ring substituents is 1. The smallest absolute Gasteiger partial charge is 0.310 e. The van der Waals surface area contributed by atoms with E-state index in [0.717, 1.165) is 22.5 Å². The van der Waals surface area contributed by atoms with E-state index in [0.29, 0.717) is 5.56 Å². The Morgan fingerprint density at radius 2 is 1.78 bits per heavy atom. The van der Waals surface area contributed by atoms with Gasteiger partial charge in [-0.2, -0.15) is 4.31 Å². The normalized spacial score (nSPS) is 16.3. The van der Waals surface area contributed by atoms with Crippen LogP contribution in [0.4, 0.5) is 5.69 Å². The maximum absolute atomic E-state index is 13.0. The molecule has 10 nitrogen and oxygen atoms in total. The lowest BCUT2D eigenvalue weighted by molar-refractivity contribution is -0.385. The van der Waals surface area contributed by atoms with Crippen LogP contribution in [0.25, 0.3) is 0 Å². The fourth-order valence-electron chi connectivity index (χ4n) is 3.40. The van der Waals surface area contributed by atoms with Gasteiger partial charge in [0.1, 0.15) is 4.90 Å². The Kier molecular flexibility index (Phi) is 7.12. The number of primary amides is 1. The van der Waals surface area contributed by atoms with Crippen molar-refractivity contribution in [3.05, 3.63) is 69.2 Å². The molecule has 1 fully saturated rings. The second kappa shape index (κ2) is 9.63. The number of carbonyl (C=O) groups is 2. The average Bonchev–Trinajstić information content (AvgIpc) is 2.77. The standard InChI is InChI=1S/C20H20ClN3O7S/c21-16-7-6-15(24(27)28)12-17(16)32(29,30)23-10-8-14(9-11-23)20(26)31-18(19(22)25)13-4-2-1-3-5-13/h1-7,12,14,18H,8-11H2,(H2,22,25). The number of amides is 1. The number of hydrogen-bond donors (Lipinski definition) is 1. The predicted molar refractivity (Wildman–Crippen MR) is 114 cm³/mol. The number of halogens is 1. The van der Waals surface area contributed by atoms with Crippen LogP contribution in [0.2, 0.25) is 5.02 Å². The lowest BCUT2D eigenvalue weighted by Gasteiger charge is -2.30. The Balaban J connectivity index is 1.69. The summed E-state index contributed by atoms with van der Waals surface area (Å²) in [6, 6.07) is 11.5. The quantitative estimate of drug-likeness (QED) is 0.362. The lowest BCUT2D eigenvalue weighted by atomic mass is 9.98. The summed E-state index contributed by atoms with van der Waals surface area (Å²) in [4.78, 5) is 34.3. The minimum absolute atomic E-state index is 0.0201. The molecule has 1 amide bonds. The Morgan fingerprint density at radius 1 is 1.16 bits per heavy atom. The number of nitro groups is 1. The van der Waals surface area contributed by atoms with E-state index in [9.17, 15) is 28.1 Å². The molecule has 1 saturated heterocycles. The monoisotopic (exact) mass is 481 g/mol. The summed E-state index contributed by atoms with van der Waals surface area (Å²) in [5.41, 5.74) is 5.41. The van der Waals surface area contributed by atoms with Crippen LogP contribution >= 0.6 is 11.6 Å². The van der Waals surface area contributed by atoms with Gasteiger partial charge in [-0.25, -0.2) is 8.42 Å². The van der Waals surface area contributed by atoms with Gasteiger partial charge in [-0.1, -0.05) is 41.9 Å². The van der Waals surface area contributed by atoms with Crippen LogP contribution in [-0.4, -0.2) is 42.6 Å². The van der Waals surface area contributed by atoms with E-state index in [2.05, 4.69) is 0 Å². The molecule has 2 N–H and O–H groups in total. The number of rotatable bonds is 7. The highest BCUT2D eigenvalue weighted by atomic mass is 35.5. The second-order valence-corrected chi connectivity index (χ2v) is 9.49. The number of ether oxygens (including phenoxy) is 1. The Hall–Kier alpha value is -3.02. The first-order chi connectivity index (χ1) is 15.1. The molecule has 1 unspecified atom stereocenters. The minimum Gasteiger partial charge on any atom is -0.447 e. The van der Waals surface area contributed by atoms with Gasteiger partial charge in [0.05, 0.1) is 15.9 Å². The van der Waals surface area contributed by atoms with E-state index < -0.39 is 44.5 Å². The highest BCUT2D eigenvalue weighted by molar-refractivity contribution is 7.89. The number of nitrogens with zero attached hydrogens (tertiary/aromatic N) is 2. The summed E-state index contributed by atoms with van der Waals surface area (Å²) in [5, 5.41) is 10.9. The summed E-state index contributed by atoms with van der Waals surface area (Å²) >= 11 is 5.98. The van der Waals surface area contributed by atoms with Crippen molar-refractivity contribution < 1.29 is 27.7 Å². The number of sulfonamides is 1. The van der Waals surface area contributed by atoms with Crippen molar-refractivity contribution in [1.29, 1.82) is 0 Å². The van der Waals surface area contributed by atoms with Crippen molar-refractivity contribution >= 4 is 39.2 Å². The van der Waals surface area contributed by atoms with Crippen LogP contribution in [0.15, 0.2) is 53.4 Å². The maximum Gasteiger partial charge on any atom is 0.310 e. The van der Waals surface area contributed by atoms with Gasteiger partial charge in [0.25, 0.3) is 11.6 Å². The molecule has 2 aromatic carbocycles. The Labute approximate surface area is 189 Å². The molecular weight excluding hydrogens is 462 g/mol. The van der Waals surface area contributed by atoms with Gasteiger partial charge in [0.2, 0.25) is 16.1 Å². The molecule has 3 rings (SSSR count). The minimum atomic E-state index is -4.11. The van der Waals surface area contributed by atoms with Crippen molar-refractivity contribution in [2.75, 3.05) is 13.1 Å². The highest BCUT2D eigenvalue weighted by Gasteiger charge is 2.36. The van der Waals surface area contributed by atoms with E-state index in [1.165, 1.54) is 0 Å². The molecule has 1 aliphatic rings. The molecule has 0 spiro atoms. The van der Waals surface area contributed by atoms with Gasteiger partial charge in [-0.15, -0.1) is 0 Å². The Bertz CT molecular complexity index is 1130. The number of carbonyl (C=O) groups excluding carboxylic acids is 2. The lowest BCUT2D eigenvalue weighted by Crippen LogP contribution is -2.41. The van der Waals surface area contributed by atoms with E-state index in [1.807, 2.05) is 0 Å². The van der Waals surface area contributed by atoms with E-state index in [4.69, 9.17) is 22.1 Å². The molecule has 12 heteroatoms. The van der Waals surface area contributed by atoms with Gasteiger partial charge in [-0.3, -0.25) is 19.7 Å². The first kappa shape index (κ1) is 23.6. The number of nitrogens with two attached hydrogens (primary N) is 1. The zero-order valence-corrected chi connectivity index (χ0v) is 18.3. The first-order valence-corrected chi connectivity index (χ1v) is 11.4. The van der Waals surface area contributed by atoms with Crippen molar-refractivity contribution in [2.45, 2.75) is 23.8 Å². The third-order valence-corrected chi connectivity index (χ3v) is 7.51. The van der Waals surface area contributed by atoms with Crippen LogP contribution in [0, 0.1) is 16.0 Å². The fourth-order valence-corrected chi connectivity index (χ4v) is 5.37. The van der Waals surface area contributed by atoms with Gasteiger partial charge >= 0.3 is 5.97 Å². The van der Waals surface area contributed by atoms with E-state index in [-0.39, 0.29) is 35.8 Å². The number of esters is 1. The largest absolute Gasteiger partial charge is 0.447 e. The molecule has 0 aliphatic carbocycles. The number of benzene rings is 2. The molecule has 0 aromatic heterocycles. The van der Waals surface area contributed by atoms with Crippen LogP contribution in [0.5, 0.6) is 0 Å². The summed E-state index contributed by atoms with van der Waals surface area (Å²) in [6.07, 6.45) is -0.954. The van der Waals surface area contributed by atoms with Gasteiger partial charge in [0, 0.05) is 30.8 Å². The molecule has 1 aliphatic heterocycles. The zero-order chi connectivity index (χ0) is 23.5. The van der Waals surface area contributed by atoms with Crippen molar-refractivity contribution in [3.63, 3.8) is 0 Å². The molecular formula is C20H20ClN3O7S. The van der Waals surface area contributed by atoms with Crippen molar-refractivity contribution in [3.8, 4) is 0 Å². The van der Waals surface area contributed by atoms with Crippen LogP contribution in [-0.2, 0) is 24.3 Å². The second-order valence-electron chi connectivity index (χ2n) is 7.18. The summed E-state index contributed by atoms with van der Waals surface area (Å²) in [5.74, 6) is -2.10. The fraction of sp³-hybridized carbons (Fsp3) is 0.300. The van der Waals surface area contributed by atoms with Gasteiger partial charge in [-0.05, 0) is 18.9 Å². The van der Waals surface area contributed by atoms with Gasteiger partial charge < -0.3 is 10.5 Å². The summed E-state index contributed by atoms with van der Waals surface area (Å²) < 4.78 is 32.3. The Morgan fingerprint density at radius 3 is 2.34 bits per heavy atom. The van der Waals surface area contributed by atoms with Crippen molar-refractivity contribution in [2.24, 2.45) is 11.7 Å². The molecule has 32 heavy (non-hydrogen) atoms. The summed E-state index contributed by atoms with van der Waals surface area (Å²) in [7, 11) is -4.11. The SMILES string of the molecule is NC(=O)C(OC(=O)C1CCN(S(=O)(=O)c2cc([N+](=O)[O-])ccc2Cl)CC1)c1ccccc1. The number of hydrogen-bond acceptors (Lipinski definition) is 7. The molecule has 0 radical (unpaired) electrons. The molecule has 2 aromatic rings. The van der Waals surface area contributed by atoms with Crippen LogP contribution in [0.3, 0.4) is 0 Å². The summed E-state index contributed by atoms with van der Waals surface area (Å²) in [6.45, 7) is -0.0403. The van der Waals surface area contributed by atoms with E-state index >= 15 is 0 Å². The molecule has 1 heterocycles.